The molecule has 0 aliphatic rings. The fourth-order valence-electron chi connectivity index (χ4n) is 1.29. The zero-order valence-electron chi connectivity index (χ0n) is 8.74. The summed E-state index contributed by atoms with van der Waals surface area (Å²) in [5.41, 5.74) is 1.24. The number of oxazole rings is 1. The summed E-state index contributed by atoms with van der Waals surface area (Å²) in [5, 5.41) is 3.78. The lowest BCUT2D eigenvalue weighted by molar-refractivity contribution is 0.454. The van der Waals surface area contributed by atoms with E-state index in [4.69, 9.17) is 4.42 Å². The van der Waals surface area contributed by atoms with E-state index in [0.29, 0.717) is 5.22 Å². The van der Waals surface area contributed by atoms with Crippen LogP contribution in [0, 0.1) is 0 Å². The molecule has 0 bridgehead atoms. The number of nitrogens with zero attached hydrogens (tertiary/aromatic N) is 1. The second-order valence-electron chi connectivity index (χ2n) is 3.18. The number of benzene rings is 1. The van der Waals surface area contributed by atoms with E-state index in [0.717, 1.165) is 15.9 Å². The van der Waals surface area contributed by atoms with Crippen LogP contribution in [0.1, 0.15) is 5.56 Å². The van der Waals surface area contributed by atoms with Crippen LogP contribution in [-0.2, 0) is 6.54 Å². The minimum atomic E-state index is 0.660. The van der Waals surface area contributed by atoms with Crippen LogP contribution in [-0.4, -0.2) is 12.0 Å². The Morgan fingerprint density at radius 1 is 1.50 bits per heavy atom. The first-order chi connectivity index (χ1) is 7.79. The van der Waals surface area contributed by atoms with Crippen LogP contribution in [0.15, 0.2) is 49.7 Å². The lowest BCUT2D eigenvalue weighted by Gasteiger charge is -2.05. The predicted octanol–water partition coefficient (Wildman–Crippen LogP) is 3.31. The summed E-state index contributed by atoms with van der Waals surface area (Å²) in [7, 11) is 1.93. The van der Waals surface area contributed by atoms with E-state index in [9.17, 15) is 0 Å². The van der Waals surface area contributed by atoms with E-state index in [2.05, 4.69) is 44.4 Å². The lowest BCUT2D eigenvalue weighted by atomic mass is 10.2. The first-order valence-electron chi connectivity index (χ1n) is 4.80. The molecule has 1 aromatic carbocycles. The smallest absolute Gasteiger partial charge is 0.260 e. The van der Waals surface area contributed by atoms with Gasteiger partial charge < -0.3 is 9.73 Å². The first kappa shape index (κ1) is 11.7. The van der Waals surface area contributed by atoms with Gasteiger partial charge in [-0.3, -0.25) is 0 Å². The summed E-state index contributed by atoms with van der Waals surface area (Å²) in [4.78, 5) is 5.17. The monoisotopic (exact) mass is 298 g/mol. The molecule has 0 radical (unpaired) electrons. The second kappa shape index (κ2) is 5.52. The molecule has 0 aliphatic heterocycles. The van der Waals surface area contributed by atoms with Gasteiger partial charge in [0.1, 0.15) is 6.26 Å². The SMILES string of the molecule is CNCc1ccc(Sc2ncco2)cc1Br. The Balaban J connectivity index is 2.15. The van der Waals surface area contributed by atoms with Crippen molar-refractivity contribution in [2.24, 2.45) is 0 Å². The molecule has 0 fully saturated rings. The van der Waals surface area contributed by atoms with Gasteiger partial charge in [0.2, 0.25) is 0 Å². The van der Waals surface area contributed by atoms with E-state index in [1.165, 1.54) is 17.3 Å². The van der Waals surface area contributed by atoms with Gasteiger partial charge in [-0.2, -0.15) is 0 Å². The molecule has 0 spiro atoms. The summed E-state index contributed by atoms with van der Waals surface area (Å²) >= 11 is 5.05. The topological polar surface area (TPSA) is 38.1 Å². The van der Waals surface area contributed by atoms with Crippen molar-refractivity contribution in [2.75, 3.05) is 7.05 Å². The van der Waals surface area contributed by atoms with Crippen LogP contribution in [0.25, 0.3) is 0 Å². The lowest BCUT2D eigenvalue weighted by Crippen LogP contribution is -2.05. The maximum absolute atomic E-state index is 5.18. The van der Waals surface area contributed by atoms with Crippen LogP contribution in [0.4, 0.5) is 0 Å². The largest absolute Gasteiger partial charge is 0.440 e. The van der Waals surface area contributed by atoms with Crippen molar-refractivity contribution in [2.45, 2.75) is 16.7 Å². The summed E-state index contributed by atoms with van der Waals surface area (Å²) in [6.07, 6.45) is 3.22. The average Bonchev–Trinajstić information content (AvgIpc) is 2.75. The Morgan fingerprint density at radius 2 is 2.38 bits per heavy atom. The number of hydrogen-bond donors (Lipinski definition) is 1. The predicted molar refractivity (Wildman–Crippen MR) is 67.5 cm³/mol. The minimum Gasteiger partial charge on any atom is -0.440 e. The third-order valence-corrected chi connectivity index (χ3v) is 3.61. The van der Waals surface area contributed by atoms with Crippen molar-refractivity contribution >= 4 is 27.7 Å². The molecule has 0 saturated heterocycles. The molecule has 1 aromatic heterocycles. The molecule has 0 amide bonds. The van der Waals surface area contributed by atoms with E-state index < -0.39 is 0 Å². The molecule has 5 heteroatoms. The van der Waals surface area contributed by atoms with Crippen LogP contribution in [0.5, 0.6) is 0 Å². The Hall–Kier alpha value is -0.780. The Bertz CT molecular complexity index is 459. The average molecular weight is 299 g/mol. The summed E-state index contributed by atoms with van der Waals surface area (Å²) in [5.74, 6) is 0. The highest BCUT2D eigenvalue weighted by atomic mass is 79.9. The molecule has 1 heterocycles. The van der Waals surface area contributed by atoms with E-state index in [1.54, 1.807) is 12.5 Å². The highest BCUT2D eigenvalue weighted by Gasteiger charge is 2.04. The standard InChI is InChI=1S/C11H11BrN2OS/c1-13-7-8-2-3-9(6-10(8)12)16-11-14-4-5-15-11/h2-6,13H,7H2,1H3. The molecule has 0 aliphatic carbocycles. The molecular formula is C11H11BrN2OS. The zero-order valence-corrected chi connectivity index (χ0v) is 11.1. The van der Waals surface area contributed by atoms with Crippen LogP contribution in [0.3, 0.4) is 0 Å². The van der Waals surface area contributed by atoms with Gasteiger partial charge in [0.25, 0.3) is 5.22 Å². The summed E-state index contributed by atoms with van der Waals surface area (Å²) < 4.78 is 6.27. The van der Waals surface area contributed by atoms with Gasteiger partial charge in [-0.25, -0.2) is 4.98 Å². The number of hydrogen-bond acceptors (Lipinski definition) is 4. The maximum Gasteiger partial charge on any atom is 0.260 e. The molecule has 3 nitrogen and oxygen atoms in total. The number of nitrogens with one attached hydrogen (secondary N) is 1. The van der Waals surface area contributed by atoms with Crippen molar-refractivity contribution in [3.8, 4) is 0 Å². The fraction of sp³-hybridized carbons (Fsp3) is 0.182. The molecule has 84 valence electrons. The molecular weight excluding hydrogens is 288 g/mol. The van der Waals surface area contributed by atoms with Crippen molar-refractivity contribution in [1.29, 1.82) is 0 Å². The van der Waals surface area contributed by atoms with Gasteiger partial charge in [0, 0.05) is 15.9 Å². The van der Waals surface area contributed by atoms with E-state index in [-0.39, 0.29) is 0 Å². The number of halogens is 1. The molecule has 0 atom stereocenters. The normalized spacial score (nSPS) is 10.6. The van der Waals surface area contributed by atoms with Gasteiger partial charge in [-0.15, -0.1) is 0 Å². The number of aromatic nitrogens is 1. The van der Waals surface area contributed by atoms with Gasteiger partial charge in [-0.05, 0) is 36.5 Å². The van der Waals surface area contributed by atoms with Crippen molar-refractivity contribution in [1.82, 2.24) is 10.3 Å². The molecule has 2 aromatic rings. The Kier molecular flexibility index (Phi) is 4.04. The zero-order chi connectivity index (χ0) is 11.4. The summed E-state index contributed by atoms with van der Waals surface area (Å²) in [6.45, 7) is 0.852. The van der Waals surface area contributed by atoms with Gasteiger partial charge in [0.15, 0.2) is 0 Å². The summed E-state index contributed by atoms with van der Waals surface area (Å²) in [6, 6.07) is 6.22. The van der Waals surface area contributed by atoms with Gasteiger partial charge in [0.05, 0.1) is 6.20 Å². The van der Waals surface area contributed by atoms with E-state index >= 15 is 0 Å². The second-order valence-corrected chi connectivity index (χ2v) is 5.06. The van der Waals surface area contributed by atoms with E-state index in [1.807, 2.05) is 7.05 Å². The Morgan fingerprint density at radius 3 is 3.00 bits per heavy atom. The van der Waals surface area contributed by atoms with Crippen LogP contribution in [0.2, 0.25) is 0 Å². The molecule has 2 rings (SSSR count). The molecule has 0 unspecified atom stereocenters. The molecule has 0 saturated carbocycles. The number of rotatable bonds is 4. The fourth-order valence-corrected chi connectivity index (χ4v) is 2.69. The minimum absolute atomic E-state index is 0.660. The first-order valence-corrected chi connectivity index (χ1v) is 6.41. The quantitative estimate of drug-likeness (QED) is 0.940. The highest BCUT2D eigenvalue weighted by Crippen LogP contribution is 2.29. The van der Waals surface area contributed by atoms with Gasteiger partial charge in [-0.1, -0.05) is 22.0 Å². The van der Waals surface area contributed by atoms with Gasteiger partial charge >= 0.3 is 0 Å². The van der Waals surface area contributed by atoms with Crippen LogP contribution < -0.4 is 5.32 Å². The van der Waals surface area contributed by atoms with Crippen molar-refractivity contribution < 1.29 is 4.42 Å². The maximum atomic E-state index is 5.18. The van der Waals surface area contributed by atoms with Crippen LogP contribution >= 0.6 is 27.7 Å². The molecule has 16 heavy (non-hydrogen) atoms. The third kappa shape index (κ3) is 2.87. The third-order valence-electron chi connectivity index (χ3n) is 2.01. The Labute approximate surface area is 107 Å². The molecule has 1 N–H and O–H groups in total. The highest BCUT2D eigenvalue weighted by molar-refractivity contribution is 9.10. The van der Waals surface area contributed by atoms with Crippen molar-refractivity contribution in [3.05, 3.63) is 40.7 Å². The van der Waals surface area contributed by atoms with Crippen molar-refractivity contribution in [3.63, 3.8) is 0 Å².